The first-order chi connectivity index (χ1) is 11.6. The highest BCUT2D eigenvalue weighted by atomic mass is 16.4. The average molecular weight is 329 g/mol. The molecule has 6 nitrogen and oxygen atoms in total. The Balaban J connectivity index is 1.76. The van der Waals surface area contributed by atoms with Crippen molar-refractivity contribution in [3.63, 3.8) is 0 Å². The maximum absolute atomic E-state index is 12.8. The number of pyridine rings is 1. The van der Waals surface area contributed by atoms with E-state index in [1.807, 2.05) is 4.90 Å². The highest BCUT2D eigenvalue weighted by molar-refractivity contribution is 5.91. The summed E-state index contributed by atoms with van der Waals surface area (Å²) in [6.07, 6.45) is 3.77. The predicted molar refractivity (Wildman–Crippen MR) is 90.8 cm³/mol. The lowest BCUT2D eigenvalue weighted by Crippen LogP contribution is -2.51. The molecule has 0 saturated carbocycles. The molecule has 1 saturated heterocycles. The predicted octanol–water partition coefficient (Wildman–Crippen LogP) is 1.69. The van der Waals surface area contributed by atoms with Crippen LogP contribution in [0, 0.1) is 5.92 Å². The van der Waals surface area contributed by atoms with Crippen molar-refractivity contribution in [3.05, 3.63) is 58.4 Å². The second-order valence-electron chi connectivity index (χ2n) is 6.35. The van der Waals surface area contributed by atoms with E-state index in [1.165, 1.54) is 6.07 Å². The average Bonchev–Trinajstić information content (AvgIpc) is 3.04. The van der Waals surface area contributed by atoms with Crippen molar-refractivity contribution in [2.24, 2.45) is 11.7 Å². The van der Waals surface area contributed by atoms with E-state index in [0.717, 1.165) is 12.8 Å². The molecule has 3 heterocycles. The van der Waals surface area contributed by atoms with Gasteiger partial charge in [-0.25, -0.2) is 0 Å². The van der Waals surface area contributed by atoms with Crippen molar-refractivity contribution in [2.45, 2.75) is 32.4 Å². The van der Waals surface area contributed by atoms with Gasteiger partial charge in [-0.05, 0) is 37.0 Å². The number of furan rings is 1. The van der Waals surface area contributed by atoms with Gasteiger partial charge >= 0.3 is 0 Å². The van der Waals surface area contributed by atoms with Crippen molar-refractivity contribution < 1.29 is 9.21 Å². The molecule has 1 aliphatic heterocycles. The van der Waals surface area contributed by atoms with E-state index in [4.69, 9.17) is 10.2 Å². The number of nitrogens with two attached hydrogens (primary N) is 1. The Bertz CT molecular complexity index is 765. The number of nitrogens with zero attached hydrogens (tertiary/aromatic N) is 2. The number of carbonyl (C=O) groups is 1. The van der Waals surface area contributed by atoms with E-state index >= 15 is 0 Å². The number of carbonyl (C=O) groups excluding carboxylic acids is 1. The lowest BCUT2D eigenvalue weighted by atomic mass is 9.90. The third kappa shape index (κ3) is 3.28. The first kappa shape index (κ1) is 16.5. The fourth-order valence-corrected chi connectivity index (χ4v) is 3.34. The minimum atomic E-state index is -0.122. The van der Waals surface area contributed by atoms with Crippen LogP contribution < -0.4 is 11.3 Å². The molecular weight excluding hydrogens is 306 g/mol. The molecule has 2 aromatic rings. The van der Waals surface area contributed by atoms with E-state index in [-0.39, 0.29) is 17.5 Å². The standard InChI is InChI=1S/C18H23N3O3/c1-13-5-4-10-21(15(13)11-19)18(23)16-8-7-14(24-16)12-20-9-3-2-6-17(20)22/h2-3,6-9,13,15H,4-5,10-12,19H2,1H3/t13-,15+/m0/s1. The summed E-state index contributed by atoms with van der Waals surface area (Å²) in [7, 11) is 0. The summed E-state index contributed by atoms with van der Waals surface area (Å²) in [6, 6.07) is 8.46. The van der Waals surface area contributed by atoms with Gasteiger partial charge in [-0.1, -0.05) is 13.0 Å². The molecule has 24 heavy (non-hydrogen) atoms. The molecule has 1 aliphatic rings. The summed E-state index contributed by atoms with van der Waals surface area (Å²) in [5, 5.41) is 0. The minimum absolute atomic E-state index is 0.0524. The minimum Gasteiger partial charge on any atom is -0.454 e. The van der Waals surface area contributed by atoms with Crippen LogP contribution >= 0.6 is 0 Å². The van der Waals surface area contributed by atoms with E-state index < -0.39 is 0 Å². The Morgan fingerprint density at radius 1 is 1.33 bits per heavy atom. The Labute approximate surface area is 140 Å². The second-order valence-corrected chi connectivity index (χ2v) is 6.35. The monoisotopic (exact) mass is 329 g/mol. The van der Waals surface area contributed by atoms with Gasteiger partial charge in [-0.3, -0.25) is 9.59 Å². The Morgan fingerprint density at radius 2 is 2.17 bits per heavy atom. The summed E-state index contributed by atoms with van der Waals surface area (Å²) in [5.74, 6) is 1.16. The van der Waals surface area contributed by atoms with Crippen molar-refractivity contribution in [1.29, 1.82) is 0 Å². The van der Waals surface area contributed by atoms with E-state index in [1.54, 1.807) is 35.0 Å². The molecule has 6 heteroatoms. The summed E-state index contributed by atoms with van der Waals surface area (Å²) in [6.45, 7) is 3.61. The van der Waals surface area contributed by atoms with Crippen molar-refractivity contribution >= 4 is 5.91 Å². The van der Waals surface area contributed by atoms with Gasteiger partial charge < -0.3 is 19.6 Å². The van der Waals surface area contributed by atoms with Crippen LogP contribution in [0.15, 0.2) is 45.7 Å². The van der Waals surface area contributed by atoms with Crippen LogP contribution in [0.5, 0.6) is 0 Å². The number of likely N-dealkylation sites (tertiary alicyclic amines) is 1. The fourth-order valence-electron chi connectivity index (χ4n) is 3.34. The zero-order valence-corrected chi connectivity index (χ0v) is 13.9. The first-order valence-electron chi connectivity index (χ1n) is 8.35. The zero-order chi connectivity index (χ0) is 17.1. The third-order valence-electron chi connectivity index (χ3n) is 4.72. The van der Waals surface area contributed by atoms with Crippen molar-refractivity contribution in [2.75, 3.05) is 13.1 Å². The summed E-state index contributed by atoms with van der Waals surface area (Å²) < 4.78 is 7.23. The zero-order valence-electron chi connectivity index (χ0n) is 13.9. The first-order valence-corrected chi connectivity index (χ1v) is 8.35. The Hall–Kier alpha value is -2.34. The Kier molecular flexibility index (Phi) is 4.85. The van der Waals surface area contributed by atoms with E-state index in [2.05, 4.69) is 6.92 Å². The van der Waals surface area contributed by atoms with Gasteiger partial charge in [0.1, 0.15) is 5.76 Å². The SMILES string of the molecule is C[C@H]1CCCN(C(=O)c2ccc(Cn3ccccc3=O)o2)[C@@H]1CN. The molecule has 0 radical (unpaired) electrons. The number of piperidine rings is 1. The number of amides is 1. The van der Waals surface area contributed by atoms with Crippen LogP contribution in [-0.2, 0) is 6.54 Å². The second kappa shape index (κ2) is 7.05. The van der Waals surface area contributed by atoms with Gasteiger partial charge in [0.15, 0.2) is 5.76 Å². The largest absolute Gasteiger partial charge is 0.454 e. The highest BCUT2D eigenvalue weighted by Gasteiger charge is 2.32. The number of hydrogen-bond acceptors (Lipinski definition) is 4. The van der Waals surface area contributed by atoms with Gasteiger partial charge in [-0.15, -0.1) is 0 Å². The lowest BCUT2D eigenvalue weighted by Gasteiger charge is -2.38. The van der Waals surface area contributed by atoms with Gasteiger partial charge in [0.25, 0.3) is 11.5 Å². The van der Waals surface area contributed by atoms with Crippen LogP contribution in [0.4, 0.5) is 0 Å². The van der Waals surface area contributed by atoms with E-state index in [9.17, 15) is 9.59 Å². The van der Waals surface area contributed by atoms with Crippen LogP contribution in [0.1, 0.15) is 36.1 Å². The summed E-state index contributed by atoms with van der Waals surface area (Å²) >= 11 is 0. The van der Waals surface area contributed by atoms with Gasteiger partial charge in [0.05, 0.1) is 6.54 Å². The van der Waals surface area contributed by atoms with Crippen LogP contribution in [0.2, 0.25) is 0 Å². The molecule has 0 spiro atoms. The number of rotatable bonds is 4. The Morgan fingerprint density at radius 3 is 2.92 bits per heavy atom. The molecule has 0 unspecified atom stereocenters. The molecule has 1 amide bonds. The van der Waals surface area contributed by atoms with Gasteiger partial charge in [0, 0.05) is 31.4 Å². The van der Waals surface area contributed by atoms with E-state index in [0.29, 0.717) is 37.1 Å². The van der Waals surface area contributed by atoms with Crippen molar-refractivity contribution in [3.8, 4) is 0 Å². The normalized spacial score (nSPS) is 21.0. The summed E-state index contributed by atoms with van der Waals surface area (Å²) in [5.41, 5.74) is 5.76. The van der Waals surface area contributed by atoms with Gasteiger partial charge in [-0.2, -0.15) is 0 Å². The number of hydrogen-bond donors (Lipinski definition) is 1. The molecule has 1 fully saturated rings. The van der Waals surface area contributed by atoms with Crippen LogP contribution in [0.25, 0.3) is 0 Å². The number of aromatic nitrogens is 1. The lowest BCUT2D eigenvalue weighted by molar-refractivity contribution is 0.0499. The smallest absolute Gasteiger partial charge is 0.289 e. The topological polar surface area (TPSA) is 81.5 Å². The fraction of sp³-hybridized carbons (Fsp3) is 0.444. The van der Waals surface area contributed by atoms with Crippen LogP contribution in [-0.4, -0.2) is 34.5 Å². The van der Waals surface area contributed by atoms with Crippen molar-refractivity contribution in [1.82, 2.24) is 9.47 Å². The maximum atomic E-state index is 12.8. The molecule has 3 rings (SSSR count). The van der Waals surface area contributed by atoms with Gasteiger partial charge in [0.2, 0.25) is 0 Å². The van der Waals surface area contributed by atoms with Crippen LogP contribution in [0.3, 0.4) is 0 Å². The molecule has 2 atom stereocenters. The molecule has 0 bridgehead atoms. The maximum Gasteiger partial charge on any atom is 0.289 e. The molecule has 2 aromatic heterocycles. The molecule has 0 aliphatic carbocycles. The third-order valence-corrected chi connectivity index (χ3v) is 4.72. The molecule has 128 valence electrons. The summed E-state index contributed by atoms with van der Waals surface area (Å²) in [4.78, 5) is 26.3. The molecular formula is C18H23N3O3. The highest BCUT2D eigenvalue weighted by Crippen LogP contribution is 2.25. The molecule has 0 aromatic carbocycles. The molecule has 2 N–H and O–H groups in total. The quantitative estimate of drug-likeness (QED) is 0.925.